The lowest BCUT2D eigenvalue weighted by atomic mass is 10.1. The van der Waals surface area contributed by atoms with E-state index in [-0.39, 0.29) is 22.9 Å². The topological polar surface area (TPSA) is 94.8 Å². The van der Waals surface area contributed by atoms with Crippen molar-refractivity contribution in [2.75, 3.05) is 6.54 Å². The fourth-order valence-electron chi connectivity index (χ4n) is 2.24. The van der Waals surface area contributed by atoms with Crippen LogP contribution in [0.1, 0.15) is 5.56 Å². The van der Waals surface area contributed by atoms with Gasteiger partial charge in [-0.15, -0.1) is 0 Å². The van der Waals surface area contributed by atoms with Crippen LogP contribution in [0.4, 0.5) is 4.39 Å². The Labute approximate surface area is 131 Å². The molecule has 0 atom stereocenters. The highest BCUT2D eigenvalue weighted by molar-refractivity contribution is 7.89. The zero-order valence-electron chi connectivity index (χ0n) is 12.0. The molecule has 3 aromatic rings. The Morgan fingerprint density at radius 2 is 1.70 bits per heavy atom. The number of rotatable bonds is 5. The molecule has 0 amide bonds. The third-order valence-corrected chi connectivity index (χ3v) is 4.88. The van der Waals surface area contributed by atoms with Crippen molar-refractivity contribution in [2.45, 2.75) is 11.3 Å². The Kier molecular flexibility index (Phi) is 4.01. The first kappa shape index (κ1) is 15.4. The van der Waals surface area contributed by atoms with Crippen molar-refractivity contribution < 1.29 is 12.8 Å². The SMILES string of the molecule is O=c1[nH]c2ccc(S(=O)(=O)NCCc3ccc(F)cc3)cc2[nH]1. The van der Waals surface area contributed by atoms with E-state index in [1.807, 2.05) is 0 Å². The third-order valence-electron chi connectivity index (χ3n) is 3.42. The van der Waals surface area contributed by atoms with E-state index in [0.29, 0.717) is 17.5 Å². The van der Waals surface area contributed by atoms with Gasteiger partial charge in [-0.25, -0.2) is 22.3 Å². The van der Waals surface area contributed by atoms with Crippen molar-refractivity contribution in [3.63, 3.8) is 0 Å². The van der Waals surface area contributed by atoms with E-state index in [2.05, 4.69) is 14.7 Å². The van der Waals surface area contributed by atoms with E-state index in [0.717, 1.165) is 5.56 Å². The Bertz CT molecular complexity index is 991. The first-order valence-electron chi connectivity index (χ1n) is 6.90. The van der Waals surface area contributed by atoms with Gasteiger partial charge in [-0.05, 0) is 42.3 Å². The number of sulfonamides is 1. The Balaban J connectivity index is 1.72. The number of imidazole rings is 1. The summed E-state index contributed by atoms with van der Waals surface area (Å²) in [6.45, 7) is 0.190. The van der Waals surface area contributed by atoms with Crippen LogP contribution in [0.5, 0.6) is 0 Å². The van der Waals surface area contributed by atoms with Crippen molar-refractivity contribution >= 4 is 21.1 Å². The summed E-state index contributed by atoms with van der Waals surface area (Å²) in [5.74, 6) is -0.330. The minimum absolute atomic E-state index is 0.0688. The molecule has 0 spiro atoms. The van der Waals surface area contributed by atoms with Crippen LogP contribution in [0.15, 0.2) is 52.2 Å². The highest BCUT2D eigenvalue weighted by Crippen LogP contribution is 2.15. The Morgan fingerprint density at radius 3 is 2.43 bits per heavy atom. The van der Waals surface area contributed by atoms with Gasteiger partial charge in [0.25, 0.3) is 0 Å². The number of aromatic amines is 2. The van der Waals surface area contributed by atoms with Gasteiger partial charge in [-0.3, -0.25) is 0 Å². The van der Waals surface area contributed by atoms with E-state index >= 15 is 0 Å². The number of hydrogen-bond donors (Lipinski definition) is 3. The molecule has 2 aromatic carbocycles. The van der Waals surface area contributed by atoms with Crippen LogP contribution >= 0.6 is 0 Å². The zero-order valence-corrected chi connectivity index (χ0v) is 12.8. The lowest BCUT2D eigenvalue weighted by Crippen LogP contribution is -2.26. The van der Waals surface area contributed by atoms with Crippen molar-refractivity contribution in [1.82, 2.24) is 14.7 Å². The van der Waals surface area contributed by atoms with Crippen LogP contribution in [0.3, 0.4) is 0 Å². The summed E-state index contributed by atoms with van der Waals surface area (Å²) >= 11 is 0. The molecule has 23 heavy (non-hydrogen) atoms. The molecular formula is C15H14FN3O3S. The summed E-state index contributed by atoms with van der Waals surface area (Å²) in [6, 6.07) is 10.2. The molecule has 0 radical (unpaired) electrons. The van der Waals surface area contributed by atoms with Crippen LogP contribution in [-0.4, -0.2) is 24.9 Å². The molecule has 0 aliphatic heterocycles. The molecule has 0 saturated heterocycles. The number of aromatic nitrogens is 2. The minimum atomic E-state index is -3.68. The molecule has 1 aromatic heterocycles. The molecule has 6 nitrogen and oxygen atoms in total. The van der Waals surface area contributed by atoms with Crippen LogP contribution < -0.4 is 10.4 Å². The normalized spacial score (nSPS) is 11.9. The Morgan fingerprint density at radius 1 is 1.00 bits per heavy atom. The summed E-state index contributed by atoms with van der Waals surface area (Å²) in [4.78, 5) is 16.3. The van der Waals surface area contributed by atoms with Crippen LogP contribution in [0.25, 0.3) is 11.0 Å². The lowest BCUT2D eigenvalue weighted by molar-refractivity contribution is 0.581. The largest absolute Gasteiger partial charge is 0.323 e. The van der Waals surface area contributed by atoms with Crippen LogP contribution in [-0.2, 0) is 16.4 Å². The number of fused-ring (bicyclic) bond motifs is 1. The fourth-order valence-corrected chi connectivity index (χ4v) is 3.30. The van der Waals surface area contributed by atoms with Crippen molar-refractivity contribution in [1.29, 1.82) is 0 Å². The molecule has 0 aliphatic carbocycles. The van der Waals surface area contributed by atoms with Gasteiger partial charge in [0.1, 0.15) is 5.82 Å². The maximum Gasteiger partial charge on any atom is 0.323 e. The predicted molar refractivity (Wildman–Crippen MR) is 84.2 cm³/mol. The van der Waals surface area contributed by atoms with E-state index in [1.54, 1.807) is 12.1 Å². The number of H-pyrrole nitrogens is 2. The molecule has 0 saturated carbocycles. The maximum atomic E-state index is 12.8. The van der Waals surface area contributed by atoms with E-state index in [1.165, 1.54) is 30.3 Å². The second-order valence-electron chi connectivity index (χ2n) is 5.06. The molecule has 120 valence electrons. The standard InChI is InChI=1S/C15H14FN3O3S/c16-11-3-1-10(2-4-11)7-8-17-23(21,22)12-5-6-13-14(9-12)19-15(20)18-13/h1-6,9,17H,7-8H2,(H2,18,19,20). The minimum Gasteiger partial charge on any atom is -0.306 e. The van der Waals surface area contributed by atoms with E-state index in [9.17, 15) is 17.6 Å². The van der Waals surface area contributed by atoms with Gasteiger partial charge >= 0.3 is 5.69 Å². The third kappa shape index (κ3) is 3.49. The Hall–Kier alpha value is -2.45. The van der Waals surface area contributed by atoms with Crippen LogP contribution in [0.2, 0.25) is 0 Å². The van der Waals surface area contributed by atoms with Gasteiger partial charge in [0, 0.05) is 6.54 Å². The maximum absolute atomic E-state index is 12.8. The molecule has 3 N–H and O–H groups in total. The predicted octanol–water partition coefficient (Wildman–Crippen LogP) is 1.52. The summed E-state index contributed by atoms with van der Waals surface area (Å²) in [5, 5.41) is 0. The smallest absolute Gasteiger partial charge is 0.306 e. The number of hydrogen-bond acceptors (Lipinski definition) is 3. The first-order chi connectivity index (χ1) is 10.9. The average molecular weight is 335 g/mol. The van der Waals surface area contributed by atoms with Crippen molar-refractivity contribution in [3.05, 3.63) is 64.3 Å². The van der Waals surface area contributed by atoms with Crippen LogP contribution in [0, 0.1) is 5.82 Å². The number of benzene rings is 2. The van der Waals surface area contributed by atoms with E-state index in [4.69, 9.17) is 0 Å². The number of halogens is 1. The molecule has 0 bridgehead atoms. The molecular weight excluding hydrogens is 321 g/mol. The van der Waals surface area contributed by atoms with Crippen molar-refractivity contribution in [2.24, 2.45) is 0 Å². The zero-order chi connectivity index (χ0) is 16.4. The second kappa shape index (κ2) is 5.98. The molecule has 3 rings (SSSR count). The lowest BCUT2D eigenvalue weighted by Gasteiger charge is -2.07. The van der Waals surface area contributed by atoms with Gasteiger partial charge in [0.15, 0.2) is 0 Å². The molecule has 0 aliphatic rings. The molecule has 0 fully saturated rings. The summed E-state index contributed by atoms with van der Waals surface area (Å²) in [7, 11) is -3.68. The second-order valence-corrected chi connectivity index (χ2v) is 6.83. The summed E-state index contributed by atoms with van der Waals surface area (Å²) in [5.41, 5.74) is 1.41. The summed E-state index contributed by atoms with van der Waals surface area (Å²) < 4.78 is 39.8. The summed E-state index contributed by atoms with van der Waals surface area (Å²) in [6.07, 6.45) is 0.447. The van der Waals surface area contributed by atoms with Gasteiger partial charge in [-0.2, -0.15) is 0 Å². The van der Waals surface area contributed by atoms with Gasteiger partial charge < -0.3 is 9.97 Å². The van der Waals surface area contributed by atoms with Gasteiger partial charge in [0.05, 0.1) is 15.9 Å². The highest BCUT2D eigenvalue weighted by Gasteiger charge is 2.14. The van der Waals surface area contributed by atoms with Crippen molar-refractivity contribution in [3.8, 4) is 0 Å². The fraction of sp³-hybridized carbons (Fsp3) is 0.133. The molecule has 1 heterocycles. The van der Waals surface area contributed by atoms with Gasteiger partial charge in [0.2, 0.25) is 10.0 Å². The van der Waals surface area contributed by atoms with Gasteiger partial charge in [-0.1, -0.05) is 12.1 Å². The molecule has 8 heteroatoms. The monoisotopic (exact) mass is 335 g/mol. The molecule has 0 unspecified atom stereocenters. The highest BCUT2D eigenvalue weighted by atomic mass is 32.2. The first-order valence-corrected chi connectivity index (χ1v) is 8.38. The average Bonchev–Trinajstić information content (AvgIpc) is 2.88. The quantitative estimate of drug-likeness (QED) is 0.660. The van der Waals surface area contributed by atoms with E-state index < -0.39 is 10.0 Å². The number of nitrogens with one attached hydrogen (secondary N) is 3.